The normalized spacial score (nSPS) is 10.5. The molecule has 0 saturated carbocycles. The number of unbranched alkanes of at least 4 members (excludes halogenated alkanes) is 1. The summed E-state index contributed by atoms with van der Waals surface area (Å²) in [5, 5.41) is 5.52. The van der Waals surface area contributed by atoms with Crippen LogP contribution in [0.1, 0.15) is 24.0 Å². The third-order valence-corrected chi connectivity index (χ3v) is 3.39. The van der Waals surface area contributed by atoms with Crippen molar-refractivity contribution in [1.29, 1.82) is 0 Å². The molecule has 23 heavy (non-hydrogen) atoms. The molecule has 120 valence electrons. The Morgan fingerprint density at radius 2 is 1.43 bits per heavy atom. The highest BCUT2D eigenvalue weighted by molar-refractivity contribution is 5.16. The molecule has 0 aromatic heterocycles. The van der Waals surface area contributed by atoms with Gasteiger partial charge in [0.1, 0.15) is 0 Å². The van der Waals surface area contributed by atoms with Crippen LogP contribution in [0.3, 0.4) is 0 Å². The highest BCUT2D eigenvalue weighted by atomic mass is 16.7. The lowest BCUT2D eigenvalue weighted by molar-refractivity contribution is -0.174. The van der Waals surface area contributed by atoms with Crippen LogP contribution < -0.4 is 0 Å². The van der Waals surface area contributed by atoms with E-state index in [-0.39, 0.29) is 0 Å². The first kappa shape index (κ1) is 17.0. The van der Waals surface area contributed by atoms with Gasteiger partial charge in [0.25, 0.3) is 0 Å². The molecule has 2 rings (SSSR count). The van der Waals surface area contributed by atoms with Crippen LogP contribution in [0.2, 0.25) is 0 Å². The molecule has 0 N–H and O–H groups in total. The average molecular weight is 310 g/mol. The molecule has 5 nitrogen and oxygen atoms in total. The quantitative estimate of drug-likeness (QED) is 0.210. The van der Waals surface area contributed by atoms with Crippen LogP contribution in [-0.4, -0.2) is 18.2 Å². The lowest BCUT2D eigenvalue weighted by Gasteiger charge is -2.22. The Morgan fingerprint density at radius 1 is 0.870 bits per heavy atom. The van der Waals surface area contributed by atoms with Crippen LogP contribution in [0, 0.1) is 0 Å². The third-order valence-electron chi connectivity index (χ3n) is 3.39. The first-order valence-corrected chi connectivity index (χ1v) is 7.85. The van der Waals surface area contributed by atoms with Gasteiger partial charge in [-0.3, -0.25) is 4.84 Å². The molecule has 2 aromatic carbocycles. The first-order valence-electron chi connectivity index (χ1n) is 7.85. The van der Waals surface area contributed by atoms with Crippen LogP contribution in [0.4, 0.5) is 0 Å². The van der Waals surface area contributed by atoms with Crippen molar-refractivity contribution in [3.05, 3.63) is 82.2 Å². The van der Waals surface area contributed by atoms with Crippen molar-refractivity contribution in [2.75, 3.05) is 13.2 Å². The van der Waals surface area contributed by atoms with Crippen LogP contribution in [0.5, 0.6) is 0 Å². The van der Waals surface area contributed by atoms with Crippen molar-refractivity contribution in [3.8, 4) is 0 Å². The first-order chi connectivity index (χ1) is 11.4. The Morgan fingerprint density at radius 3 is 1.96 bits per heavy atom. The van der Waals surface area contributed by atoms with Gasteiger partial charge in [0, 0.05) is 24.5 Å². The van der Waals surface area contributed by atoms with Crippen molar-refractivity contribution in [1.82, 2.24) is 5.06 Å². The van der Waals surface area contributed by atoms with Gasteiger partial charge in [-0.2, -0.15) is 5.06 Å². The van der Waals surface area contributed by atoms with Crippen molar-refractivity contribution in [2.24, 2.45) is 5.11 Å². The molecule has 0 radical (unpaired) electrons. The molecule has 0 saturated heterocycles. The van der Waals surface area contributed by atoms with E-state index in [9.17, 15) is 0 Å². The van der Waals surface area contributed by atoms with Crippen LogP contribution >= 0.6 is 0 Å². The molecule has 2 aromatic rings. The highest BCUT2D eigenvalue weighted by Gasteiger charge is 2.07. The SMILES string of the molecule is [N-]=[N+]=NCCCCON(Cc1ccccc1)Cc1ccccc1. The van der Waals surface area contributed by atoms with E-state index in [1.165, 1.54) is 11.1 Å². The number of hydroxylamine groups is 2. The fraction of sp³-hybridized carbons (Fsp3) is 0.333. The fourth-order valence-electron chi connectivity index (χ4n) is 2.24. The fourth-order valence-corrected chi connectivity index (χ4v) is 2.24. The summed E-state index contributed by atoms with van der Waals surface area (Å²) in [6.45, 7) is 2.63. The highest BCUT2D eigenvalue weighted by Crippen LogP contribution is 2.11. The number of benzene rings is 2. The van der Waals surface area contributed by atoms with E-state index in [0.29, 0.717) is 13.2 Å². The molecule has 0 aliphatic carbocycles. The van der Waals surface area contributed by atoms with Gasteiger partial charge in [-0.15, -0.1) is 0 Å². The Hall–Kier alpha value is -2.33. The number of rotatable bonds is 10. The number of nitrogens with zero attached hydrogens (tertiary/aromatic N) is 4. The van der Waals surface area contributed by atoms with Crippen molar-refractivity contribution >= 4 is 0 Å². The van der Waals surface area contributed by atoms with Gasteiger partial charge in [-0.25, -0.2) is 0 Å². The molecule has 5 heteroatoms. The molecular formula is C18H22N4O. The molecule has 0 unspecified atom stereocenters. The van der Waals surface area contributed by atoms with Gasteiger partial charge in [0.05, 0.1) is 6.61 Å². The minimum atomic E-state index is 0.525. The van der Waals surface area contributed by atoms with Crippen molar-refractivity contribution < 1.29 is 4.84 Å². The molecule has 0 amide bonds. The minimum absolute atomic E-state index is 0.525. The molecule has 0 heterocycles. The zero-order valence-corrected chi connectivity index (χ0v) is 13.2. The number of hydrogen-bond acceptors (Lipinski definition) is 3. The van der Waals surface area contributed by atoms with E-state index in [1.807, 2.05) is 41.5 Å². The molecule has 0 fully saturated rings. The van der Waals surface area contributed by atoms with Gasteiger partial charge in [-0.05, 0) is 29.5 Å². The van der Waals surface area contributed by atoms with Gasteiger partial charge < -0.3 is 0 Å². The lowest BCUT2D eigenvalue weighted by Crippen LogP contribution is -2.24. The summed E-state index contributed by atoms with van der Waals surface area (Å²) >= 11 is 0. The molecule has 0 bridgehead atoms. The second-order valence-electron chi connectivity index (χ2n) is 5.26. The summed E-state index contributed by atoms with van der Waals surface area (Å²) in [6.07, 6.45) is 1.72. The Balaban J connectivity index is 1.87. The van der Waals surface area contributed by atoms with Crippen LogP contribution in [0.15, 0.2) is 65.8 Å². The summed E-state index contributed by atoms with van der Waals surface area (Å²) in [5.74, 6) is 0. The summed E-state index contributed by atoms with van der Waals surface area (Å²) in [7, 11) is 0. The smallest absolute Gasteiger partial charge is 0.0685 e. The maximum absolute atomic E-state index is 8.26. The molecular weight excluding hydrogens is 288 g/mol. The second-order valence-corrected chi connectivity index (χ2v) is 5.26. The summed E-state index contributed by atoms with van der Waals surface area (Å²) in [6, 6.07) is 20.6. The summed E-state index contributed by atoms with van der Waals surface area (Å²) in [4.78, 5) is 8.68. The topological polar surface area (TPSA) is 61.2 Å². The van der Waals surface area contributed by atoms with E-state index >= 15 is 0 Å². The van der Waals surface area contributed by atoms with Crippen LogP contribution in [-0.2, 0) is 17.9 Å². The van der Waals surface area contributed by atoms with Gasteiger partial charge in [0.2, 0.25) is 0 Å². The molecule has 0 aliphatic rings. The third kappa shape index (κ3) is 6.98. The van der Waals surface area contributed by atoms with E-state index in [4.69, 9.17) is 10.4 Å². The largest absolute Gasteiger partial charge is 0.298 e. The second kappa shape index (κ2) is 10.4. The van der Waals surface area contributed by atoms with E-state index in [2.05, 4.69) is 34.3 Å². The summed E-state index contributed by atoms with van der Waals surface area (Å²) in [5.41, 5.74) is 10.7. The molecule has 0 atom stereocenters. The van der Waals surface area contributed by atoms with Crippen molar-refractivity contribution in [2.45, 2.75) is 25.9 Å². The Kier molecular flexibility index (Phi) is 7.70. The number of azide groups is 1. The maximum Gasteiger partial charge on any atom is 0.0685 e. The van der Waals surface area contributed by atoms with Gasteiger partial charge >= 0.3 is 0 Å². The predicted molar refractivity (Wildman–Crippen MR) is 91.3 cm³/mol. The average Bonchev–Trinajstić information content (AvgIpc) is 2.60. The monoisotopic (exact) mass is 310 g/mol. The van der Waals surface area contributed by atoms with Crippen molar-refractivity contribution in [3.63, 3.8) is 0 Å². The Labute approximate surface area is 137 Å². The maximum atomic E-state index is 8.26. The van der Waals surface area contributed by atoms with E-state index in [0.717, 1.165) is 25.9 Å². The Bertz CT molecular complexity index is 555. The van der Waals surface area contributed by atoms with Gasteiger partial charge in [0.15, 0.2) is 0 Å². The number of hydrogen-bond donors (Lipinski definition) is 0. The van der Waals surface area contributed by atoms with E-state index < -0.39 is 0 Å². The standard InChI is InChI=1S/C18H22N4O/c19-21-20-13-7-8-14-23-22(15-17-9-3-1-4-10-17)16-18-11-5-2-6-12-18/h1-6,9-12H,7-8,13-16H2. The molecule has 0 spiro atoms. The zero-order chi connectivity index (χ0) is 16.2. The summed E-state index contributed by atoms with van der Waals surface area (Å²) < 4.78 is 0. The minimum Gasteiger partial charge on any atom is -0.298 e. The van der Waals surface area contributed by atoms with Crippen LogP contribution in [0.25, 0.3) is 10.4 Å². The van der Waals surface area contributed by atoms with Gasteiger partial charge in [-0.1, -0.05) is 65.8 Å². The zero-order valence-electron chi connectivity index (χ0n) is 13.2. The lowest BCUT2D eigenvalue weighted by atomic mass is 10.2. The van der Waals surface area contributed by atoms with E-state index in [1.54, 1.807) is 0 Å². The molecule has 0 aliphatic heterocycles. The predicted octanol–water partition coefficient (Wildman–Crippen LogP) is 4.71.